The summed E-state index contributed by atoms with van der Waals surface area (Å²) < 4.78 is 11.9. The van der Waals surface area contributed by atoms with E-state index in [0.29, 0.717) is 0 Å². The van der Waals surface area contributed by atoms with Crippen molar-refractivity contribution in [2.45, 2.75) is 39.8 Å². The normalized spacial score (nSPS) is 14.6. The van der Waals surface area contributed by atoms with Crippen LogP contribution < -0.4 is 9.47 Å². The van der Waals surface area contributed by atoms with Crippen molar-refractivity contribution < 1.29 is 9.47 Å². The van der Waals surface area contributed by atoms with Gasteiger partial charge < -0.3 is 9.47 Å². The Morgan fingerprint density at radius 3 is 1.15 bits per heavy atom. The molecule has 198 valence electrons. The van der Waals surface area contributed by atoms with Gasteiger partial charge in [-0.05, 0) is 80.9 Å². The van der Waals surface area contributed by atoms with Crippen molar-refractivity contribution in [3.05, 3.63) is 131 Å². The molecule has 0 saturated heterocycles. The lowest BCUT2D eigenvalue weighted by Gasteiger charge is -2.27. The van der Waals surface area contributed by atoms with Gasteiger partial charge in [0.15, 0.2) is 0 Å². The van der Waals surface area contributed by atoms with Crippen LogP contribution in [0.15, 0.2) is 109 Å². The van der Waals surface area contributed by atoms with Gasteiger partial charge in [-0.2, -0.15) is 0 Å². The van der Waals surface area contributed by atoms with E-state index in [0.717, 1.165) is 37.6 Å². The summed E-state index contributed by atoms with van der Waals surface area (Å²) >= 11 is 0. The predicted octanol–water partition coefficient (Wildman–Crippen LogP) is 9.59. The molecule has 1 aliphatic heterocycles. The molecule has 0 aromatic heterocycles. The first-order valence-corrected chi connectivity index (χ1v) is 17.1. The van der Waals surface area contributed by atoms with Gasteiger partial charge in [0.1, 0.15) is 19.6 Å². The van der Waals surface area contributed by atoms with Crippen LogP contribution in [0.5, 0.6) is 11.5 Å². The van der Waals surface area contributed by atoms with Gasteiger partial charge in [0, 0.05) is 0 Å². The Morgan fingerprint density at radius 1 is 0.462 bits per heavy atom. The lowest BCUT2D eigenvalue weighted by atomic mass is 9.89. The molecule has 0 fully saturated rings. The second-order valence-electron chi connectivity index (χ2n) is 10.6. The Labute approximate surface area is 234 Å². The molecule has 5 rings (SSSR count). The number of hydrogen-bond donors (Lipinski definition) is 0. The second-order valence-corrected chi connectivity index (χ2v) is 14.9. The van der Waals surface area contributed by atoms with Crippen molar-refractivity contribution >= 4 is 29.6 Å². The monoisotopic (exact) mass is 530 g/mol. The minimum absolute atomic E-state index is 0.735. The zero-order chi connectivity index (χ0) is 27.2. The summed E-state index contributed by atoms with van der Waals surface area (Å²) in [6.07, 6.45) is 2.00. The van der Waals surface area contributed by atoms with E-state index < -0.39 is 8.07 Å². The van der Waals surface area contributed by atoms with E-state index in [-0.39, 0.29) is 0 Å². The molecule has 4 aromatic rings. The predicted molar refractivity (Wildman–Crippen MR) is 168 cm³/mol. The molecular formula is C36H38O2Si. The standard InChI is InChI=1S/C36H38O2Si/c1-5-25-37-31-21-17-29(18-22-31)35-33(27-13-9-7-10-14-27)34(28-15-11-8-12-16-28)36(39(35,3)4)30-19-23-32(24-20-30)38-26-6-2/h7-24H,5-6,25-26H2,1-4H3. The van der Waals surface area contributed by atoms with Crippen LogP contribution in [0.3, 0.4) is 0 Å². The summed E-state index contributed by atoms with van der Waals surface area (Å²) in [5.74, 6) is 1.86. The summed E-state index contributed by atoms with van der Waals surface area (Å²) in [5.41, 5.74) is 7.78. The van der Waals surface area contributed by atoms with Crippen molar-refractivity contribution in [1.29, 1.82) is 0 Å². The third kappa shape index (κ3) is 5.50. The lowest BCUT2D eigenvalue weighted by Crippen LogP contribution is -2.28. The highest BCUT2D eigenvalue weighted by Gasteiger charge is 2.43. The molecule has 0 radical (unpaired) electrons. The van der Waals surface area contributed by atoms with Crippen LogP contribution in [0.1, 0.15) is 48.9 Å². The molecular weight excluding hydrogens is 492 g/mol. The van der Waals surface area contributed by atoms with Crippen LogP contribution in [0.2, 0.25) is 13.1 Å². The SMILES string of the molecule is CCCOc1ccc(C2=C(c3ccccc3)C(c3ccccc3)=C(c3ccc(OCCC)cc3)[Si]2(C)C)cc1. The van der Waals surface area contributed by atoms with Crippen molar-refractivity contribution in [3.8, 4) is 11.5 Å². The topological polar surface area (TPSA) is 18.5 Å². The minimum atomic E-state index is -2.18. The van der Waals surface area contributed by atoms with Crippen LogP contribution >= 0.6 is 0 Å². The highest BCUT2D eigenvalue weighted by atomic mass is 28.3. The molecule has 0 spiro atoms. The quantitative estimate of drug-likeness (QED) is 0.190. The first-order valence-electron chi connectivity index (χ1n) is 14.1. The average Bonchev–Trinajstić information content (AvgIpc) is 3.23. The summed E-state index contributed by atoms with van der Waals surface area (Å²) in [5, 5.41) is 2.94. The molecule has 0 N–H and O–H groups in total. The molecule has 0 aliphatic carbocycles. The Kier molecular flexibility index (Phi) is 8.18. The van der Waals surface area contributed by atoms with Crippen LogP contribution in [0, 0.1) is 0 Å². The van der Waals surface area contributed by atoms with Crippen molar-refractivity contribution in [2.75, 3.05) is 13.2 Å². The molecule has 0 saturated carbocycles. The van der Waals surface area contributed by atoms with E-state index in [9.17, 15) is 0 Å². The molecule has 4 aromatic carbocycles. The number of ether oxygens (including phenoxy) is 2. The van der Waals surface area contributed by atoms with Crippen LogP contribution in [0.25, 0.3) is 21.5 Å². The number of hydrogen-bond acceptors (Lipinski definition) is 2. The second kappa shape index (κ2) is 11.9. The van der Waals surface area contributed by atoms with Crippen molar-refractivity contribution in [2.24, 2.45) is 0 Å². The highest BCUT2D eigenvalue weighted by Crippen LogP contribution is 2.55. The van der Waals surface area contributed by atoms with E-state index in [2.05, 4.69) is 136 Å². The van der Waals surface area contributed by atoms with E-state index in [1.165, 1.54) is 43.8 Å². The first kappa shape index (κ1) is 26.8. The van der Waals surface area contributed by atoms with Gasteiger partial charge in [0.05, 0.1) is 13.2 Å². The molecule has 39 heavy (non-hydrogen) atoms. The van der Waals surface area contributed by atoms with Gasteiger partial charge in [-0.3, -0.25) is 0 Å². The molecule has 0 unspecified atom stereocenters. The zero-order valence-corrected chi connectivity index (χ0v) is 24.5. The van der Waals surface area contributed by atoms with Crippen molar-refractivity contribution in [1.82, 2.24) is 0 Å². The third-order valence-electron chi connectivity index (χ3n) is 7.36. The van der Waals surface area contributed by atoms with E-state index in [1.807, 2.05) is 0 Å². The largest absolute Gasteiger partial charge is 0.494 e. The summed E-state index contributed by atoms with van der Waals surface area (Å²) in [7, 11) is -2.18. The van der Waals surface area contributed by atoms with Crippen LogP contribution in [0.4, 0.5) is 0 Å². The molecule has 1 aliphatic rings. The number of allylic oxidation sites excluding steroid dienone is 2. The van der Waals surface area contributed by atoms with Crippen molar-refractivity contribution in [3.63, 3.8) is 0 Å². The van der Waals surface area contributed by atoms with E-state index >= 15 is 0 Å². The number of benzene rings is 4. The van der Waals surface area contributed by atoms with Crippen LogP contribution in [-0.4, -0.2) is 21.3 Å². The fraction of sp³-hybridized carbons (Fsp3) is 0.222. The van der Waals surface area contributed by atoms with E-state index in [1.54, 1.807) is 0 Å². The summed E-state index contributed by atoms with van der Waals surface area (Å²) in [6, 6.07) is 39.4. The zero-order valence-electron chi connectivity index (χ0n) is 23.5. The van der Waals surface area contributed by atoms with Gasteiger partial charge in [-0.1, -0.05) is 112 Å². The van der Waals surface area contributed by atoms with Gasteiger partial charge in [-0.15, -0.1) is 0 Å². The van der Waals surface area contributed by atoms with Gasteiger partial charge in [0.25, 0.3) is 0 Å². The number of rotatable bonds is 10. The highest BCUT2D eigenvalue weighted by molar-refractivity contribution is 7.13. The van der Waals surface area contributed by atoms with Gasteiger partial charge >= 0.3 is 0 Å². The molecule has 0 atom stereocenters. The molecule has 3 heteroatoms. The Morgan fingerprint density at radius 2 is 0.821 bits per heavy atom. The van der Waals surface area contributed by atoms with Gasteiger partial charge in [-0.25, -0.2) is 0 Å². The van der Waals surface area contributed by atoms with E-state index in [4.69, 9.17) is 9.47 Å². The minimum Gasteiger partial charge on any atom is -0.494 e. The Hall–Kier alpha value is -3.82. The van der Waals surface area contributed by atoms with Gasteiger partial charge in [0.2, 0.25) is 0 Å². The Balaban J connectivity index is 1.74. The molecule has 2 nitrogen and oxygen atoms in total. The molecule has 0 bridgehead atoms. The molecule has 0 amide bonds. The van der Waals surface area contributed by atoms with Crippen LogP contribution in [-0.2, 0) is 0 Å². The maximum atomic E-state index is 5.93. The fourth-order valence-corrected chi connectivity index (χ4v) is 9.49. The third-order valence-corrected chi connectivity index (χ3v) is 10.9. The average molecular weight is 531 g/mol. The molecule has 1 heterocycles. The lowest BCUT2D eigenvalue weighted by molar-refractivity contribution is 0.317. The Bertz CT molecular complexity index is 1340. The summed E-state index contributed by atoms with van der Waals surface area (Å²) in [6.45, 7) is 10.7. The maximum absolute atomic E-state index is 5.93. The summed E-state index contributed by atoms with van der Waals surface area (Å²) in [4.78, 5) is 0. The maximum Gasteiger partial charge on any atom is 0.119 e. The fourth-order valence-electron chi connectivity index (χ4n) is 5.67. The smallest absolute Gasteiger partial charge is 0.119 e. The first-order chi connectivity index (χ1) is 19.0.